The fourth-order valence-electron chi connectivity index (χ4n) is 7.13. The number of rotatable bonds is 6. The maximum atomic E-state index is 5.85. The highest BCUT2D eigenvalue weighted by atomic mass is 15.2. The van der Waals surface area contributed by atoms with Gasteiger partial charge in [-0.25, -0.2) is 0 Å². The van der Waals surface area contributed by atoms with E-state index in [2.05, 4.69) is 25.2 Å². The summed E-state index contributed by atoms with van der Waals surface area (Å²) >= 11 is 0. The maximum Gasteiger partial charge on any atom is 0.0216 e. The zero-order valence-electron chi connectivity index (χ0n) is 13.9. The van der Waals surface area contributed by atoms with Gasteiger partial charge in [0.1, 0.15) is 0 Å². The number of hydrogen-bond acceptors (Lipinski definition) is 2. The highest BCUT2D eigenvalue weighted by Gasteiger charge is 2.59. The third-order valence-corrected chi connectivity index (χ3v) is 6.53. The van der Waals surface area contributed by atoms with E-state index >= 15 is 0 Å². The van der Waals surface area contributed by atoms with Crippen molar-refractivity contribution in [3.05, 3.63) is 0 Å². The molecule has 0 amide bonds. The van der Waals surface area contributed by atoms with Crippen LogP contribution in [-0.4, -0.2) is 6.04 Å². The van der Waals surface area contributed by atoms with Crippen LogP contribution < -0.4 is 11.3 Å². The van der Waals surface area contributed by atoms with Crippen molar-refractivity contribution in [2.45, 2.75) is 84.1 Å². The summed E-state index contributed by atoms with van der Waals surface area (Å²) in [5, 5.41) is 0. The molecule has 118 valence electrons. The molecular formula is C19H32N2. The topological polar surface area (TPSA) is 38.0 Å². The average molecular weight is 288 g/mol. The van der Waals surface area contributed by atoms with Crippen LogP contribution in [0.25, 0.3) is 0 Å². The Balaban J connectivity index is 1.70. The lowest BCUT2D eigenvalue weighted by molar-refractivity contribution is -0.150. The summed E-state index contributed by atoms with van der Waals surface area (Å²) in [6.45, 7) is 5.10. The minimum atomic E-state index is 0.446. The first-order chi connectivity index (χ1) is 9.90. The van der Waals surface area contributed by atoms with Gasteiger partial charge in [0.2, 0.25) is 0 Å². The Hall–Kier alpha value is -0.520. The van der Waals surface area contributed by atoms with E-state index < -0.39 is 0 Å². The standard InChI is InChI=1S/C19H32N2/c1-4-5-6-7-16(21-20)11-19-10-15-8-17(2,13-19)12-18(3,9-15)14-19/h1,15-16,21H,5-14,20H2,2-3H3. The van der Waals surface area contributed by atoms with Gasteiger partial charge in [0.25, 0.3) is 0 Å². The highest BCUT2D eigenvalue weighted by molar-refractivity contribution is 5.10. The van der Waals surface area contributed by atoms with Crippen molar-refractivity contribution in [2.75, 3.05) is 0 Å². The number of unbranched alkanes of at least 4 members (excludes halogenated alkanes) is 1. The molecular weight excluding hydrogens is 256 g/mol. The summed E-state index contributed by atoms with van der Waals surface area (Å²) < 4.78 is 0. The van der Waals surface area contributed by atoms with E-state index in [0.29, 0.717) is 22.3 Å². The molecule has 2 heteroatoms. The van der Waals surface area contributed by atoms with E-state index in [9.17, 15) is 0 Å². The predicted molar refractivity (Wildman–Crippen MR) is 88.3 cm³/mol. The molecule has 3 atom stereocenters. The van der Waals surface area contributed by atoms with Crippen LogP contribution in [0.4, 0.5) is 0 Å². The fourth-order valence-corrected chi connectivity index (χ4v) is 7.13. The van der Waals surface area contributed by atoms with Crippen LogP contribution >= 0.6 is 0 Å². The third-order valence-electron chi connectivity index (χ3n) is 6.53. The molecule has 0 spiro atoms. The van der Waals surface area contributed by atoms with Crippen molar-refractivity contribution >= 4 is 0 Å². The van der Waals surface area contributed by atoms with E-state index in [1.807, 2.05) is 0 Å². The summed E-state index contributed by atoms with van der Waals surface area (Å²) in [4.78, 5) is 0. The van der Waals surface area contributed by atoms with Crippen molar-refractivity contribution < 1.29 is 0 Å². The SMILES string of the molecule is C#CCCCC(CC12CC3CC(C)(CC(C)(C3)C1)C2)NN. The normalized spacial score (nSPS) is 45.5. The number of nitrogens with one attached hydrogen (secondary N) is 1. The van der Waals surface area contributed by atoms with Gasteiger partial charge in [-0.2, -0.15) is 0 Å². The molecule has 4 bridgehead atoms. The van der Waals surface area contributed by atoms with E-state index in [1.54, 1.807) is 0 Å². The molecule has 4 rings (SSSR count). The largest absolute Gasteiger partial charge is 0.271 e. The van der Waals surface area contributed by atoms with Gasteiger partial charge >= 0.3 is 0 Å². The summed E-state index contributed by atoms with van der Waals surface area (Å²) in [6, 6.07) is 0.446. The lowest BCUT2D eigenvalue weighted by atomic mass is 9.39. The van der Waals surface area contributed by atoms with Crippen LogP contribution in [0.15, 0.2) is 0 Å². The number of hydrogen-bond donors (Lipinski definition) is 2. The maximum absolute atomic E-state index is 5.85. The molecule has 4 saturated carbocycles. The van der Waals surface area contributed by atoms with E-state index in [4.69, 9.17) is 12.3 Å². The van der Waals surface area contributed by atoms with Gasteiger partial charge in [-0.3, -0.25) is 11.3 Å². The lowest BCUT2D eigenvalue weighted by Crippen LogP contribution is -2.56. The second kappa shape index (κ2) is 5.28. The van der Waals surface area contributed by atoms with Crippen LogP contribution in [0.3, 0.4) is 0 Å². The average Bonchev–Trinajstić information content (AvgIpc) is 2.33. The summed E-state index contributed by atoms with van der Waals surface area (Å²) in [5.41, 5.74) is 4.85. The fraction of sp³-hybridized carbons (Fsp3) is 0.895. The van der Waals surface area contributed by atoms with Gasteiger partial charge in [-0.1, -0.05) is 13.8 Å². The molecule has 0 aromatic rings. The van der Waals surface area contributed by atoms with Crippen molar-refractivity contribution in [3.8, 4) is 12.3 Å². The zero-order chi connectivity index (χ0) is 15.1. The van der Waals surface area contributed by atoms with Crippen molar-refractivity contribution in [2.24, 2.45) is 28.0 Å². The molecule has 0 heterocycles. The van der Waals surface area contributed by atoms with Crippen LogP contribution in [0.5, 0.6) is 0 Å². The Kier molecular flexibility index (Phi) is 3.87. The molecule has 0 aromatic heterocycles. The lowest BCUT2D eigenvalue weighted by Gasteiger charge is -2.66. The number of nitrogens with two attached hydrogens (primary N) is 1. The van der Waals surface area contributed by atoms with E-state index in [0.717, 1.165) is 25.2 Å². The molecule has 4 aliphatic carbocycles. The molecule has 2 nitrogen and oxygen atoms in total. The molecule has 3 unspecified atom stereocenters. The monoisotopic (exact) mass is 288 g/mol. The first kappa shape index (κ1) is 15.4. The van der Waals surface area contributed by atoms with Gasteiger partial charge in [0.05, 0.1) is 0 Å². The third kappa shape index (κ3) is 3.01. The van der Waals surface area contributed by atoms with E-state index in [-0.39, 0.29) is 0 Å². The quantitative estimate of drug-likeness (QED) is 0.335. The van der Waals surface area contributed by atoms with Crippen molar-refractivity contribution in [1.82, 2.24) is 5.43 Å². The first-order valence-corrected chi connectivity index (χ1v) is 8.80. The Bertz CT molecular complexity index is 417. The van der Waals surface area contributed by atoms with Crippen LogP contribution in [0.2, 0.25) is 0 Å². The molecule has 0 aliphatic heterocycles. The van der Waals surface area contributed by atoms with Crippen LogP contribution in [0.1, 0.15) is 78.1 Å². The second-order valence-electron chi connectivity index (χ2n) is 9.29. The molecule has 0 saturated heterocycles. The van der Waals surface area contributed by atoms with Gasteiger partial charge in [-0.05, 0) is 80.0 Å². The summed E-state index contributed by atoms with van der Waals surface area (Å²) in [5.74, 6) is 9.57. The Morgan fingerprint density at radius 2 is 1.86 bits per heavy atom. The van der Waals surface area contributed by atoms with Gasteiger partial charge in [0.15, 0.2) is 0 Å². The second-order valence-corrected chi connectivity index (χ2v) is 9.29. The molecule has 4 aliphatic rings. The minimum absolute atomic E-state index is 0.446. The highest BCUT2D eigenvalue weighted by Crippen LogP contribution is 2.70. The van der Waals surface area contributed by atoms with Gasteiger partial charge in [-0.15, -0.1) is 12.3 Å². The Morgan fingerprint density at radius 3 is 2.38 bits per heavy atom. The van der Waals surface area contributed by atoms with Crippen LogP contribution in [-0.2, 0) is 0 Å². The molecule has 4 fully saturated rings. The number of terminal acetylenes is 1. The molecule has 0 radical (unpaired) electrons. The van der Waals surface area contributed by atoms with E-state index in [1.165, 1.54) is 44.9 Å². The van der Waals surface area contributed by atoms with Crippen molar-refractivity contribution in [1.29, 1.82) is 0 Å². The Morgan fingerprint density at radius 1 is 1.19 bits per heavy atom. The van der Waals surface area contributed by atoms with Crippen LogP contribution in [0, 0.1) is 34.5 Å². The predicted octanol–water partition coefficient (Wildman–Crippen LogP) is 4.01. The molecule has 0 aromatic carbocycles. The first-order valence-electron chi connectivity index (χ1n) is 8.80. The minimum Gasteiger partial charge on any atom is -0.271 e. The zero-order valence-corrected chi connectivity index (χ0v) is 13.9. The van der Waals surface area contributed by atoms with Gasteiger partial charge < -0.3 is 0 Å². The van der Waals surface area contributed by atoms with Gasteiger partial charge in [0, 0.05) is 12.5 Å². The Labute approximate surface area is 130 Å². The summed E-state index contributed by atoms with van der Waals surface area (Å²) in [7, 11) is 0. The summed E-state index contributed by atoms with van der Waals surface area (Å²) in [6.07, 6.45) is 18.5. The smallest absolute Gasteiger partial charge is 0.0216 e. The molecule has 3 N–H and O–H groups in total. The molecule has 21 heavy (non-hydrogen) atoms. The number of hydrazine groups is 1. The van der Waals surface area contributed by atoms with Crippen molar-refractivity contribution in [3.63, 3.8) is 0 Å².